The zero-order chi connectivity index (χ0) is 16.7. The number of carbonyl (C=O) groups excluding carboxylic acids is 2. The summed E-state index contributed by atoms with van der Waals surface area (Å²) in [6.45, 7) is 5.33. The van der Waals surface area contributed by atoms with E-state index >= 15 is 0 Å². The molecule has 2 aromatic rings. The molecule has 1 heterocycles. The predicted octanol–water partition coefficient (Wildman–Crippen LogP) is 2.89. The second-order valence-corrected chi connectivity index (χ2v) is 5.16. The minimum Gasteiger partial charge on any atom is -0.419 e. The summed E-state index contributed by atoms with van der Waals surface area (Å²) in [6, 6.07) is 8.64. The number of rotatable bonds is 7. The average Bonchev–Trinajstić information content (AvgIpc) is 3.03. The van der Waals surface area contributed by atoms with Crippen LogP contribution in [0.1, 0.15) is 47.5 Å². The first kappa shape index (κ1) is 16.7. The number of aromatic nitrogens is 2. The van der Waals surface area contributed by atoms with Gasteiger partial charge >= 0.3 is 5.97 Å². The Balaban J connectivity index is 2.15. The van der Waals surface area contributed by atoms with Crippen LogP contribution in [-0.4, -0.2) is 40.1 Å². The van der Waals surface area contributed by atoms with Crippen LogP contribution in [0.4, 0.5) is 0 Å². The maximum absolute atomic E-state index is 12.6. The van der Waals surface area contributed by atoms with Gasteiger partial charge in [-0.2, -0.15) is 5.10 Å². The second-order valence-electron chi connectivity index (χ2n) is 5.16. The molecular formula is C17H21N3O3. The minimum absolute atomic E-state index is 0.154. The van der Waals surface area contributed by atoms with Gasteiger partial charge in [-0.3, -0.25) is 9.89 Å². The zero-order valence-electron chi connectivity index (χ0n) is 13.4. The van der Waals surface area contributed by atoms with Crippen molar-refractivity contribution in [2.75, 3.05) is 13.1 Å². The fourth-order valence-electron chi connectivity index (χ4n) is 2.25. The first-order valence-corrected chi connectivity index (χ1v) is 7.77. The third-order valence-corrected chi connectivity index (χ3v) is 3.30. The lowest BCUT2D eigenvalue weighted by Crippen LogP contribution is -2.33. The van der Waals surface area contributed by atoms with E-state index in [9.17, 15) is 9.59 Å². The SMILES string of the molecule is CCCN(CCC)C(=O)c1[nH]ncc1OC(=O)c1ccccc1. The molecule has 122 valence electrons. The van der Waals surface area contributed by atoms with Crippen molar-refractivity contribution < 1.29 is 14.3 Å². The highest BCUT2D eigenvalue weighted by molar-refractivity contribution is 5.97. The van der Waals surface area contributed by atoms with Gasteiger partial charge in [0.15, 0.2) is 11.4 Å². The van der Waals surface area contributed by atoms with Crippen LogP contribution >= 0.6 is 0 Å². The molecule has 0 spiro atoms. The molecular weight excluding hydrogens is 294 g/mol. The maximum Gasteiger partial charge on any atom is 0.343 e. The van der Waals surface area contributed by atoms with Gasteiger partial charge in [0, 0.05) is 13.1 Å². The van der Waals surface area contributed by atoms with E-state index in [1.165, 1.54) is 6.20 Å². The molecule has 0 unspecified atom stereocenters. The van der Waals surface area contributed by atoms with Gasteiger partial charge in [0.25, 0.3) is 5.91 Å². The van der Waals surface area contributed by atoms with E-state index in [0.29, 0.717) is 18.7 Å². The standard InChI is InChI=1S/C17H21N3O3/c1-3-10-20(11-4-2)16(21)15-14(12-18-19-15)23-17(22)13-8-6-5-7-9-13/h5-9,12H,3-4,10-11H2,1-2H3,(H,18,19). The van der Waals surface area contributed by atoms with E-state index in [1.54, 1.807) is 29.2 Å². The Bertz CT molecular complexity index is 646. The summed E-state index contributed by atoms with van der Waals surface area (Å²) in [4.78, 5) is 26.4. The quantitative estimate of drug-likeness (QED) is 0.797. The van der Waals surface area contributed by atoms with Crippen molar-refractivity contribution in [2.24, 2.45) is 0 Å². The molecule has 0 radical (unpaired) electrons. The fraction of sp³-hybridized carbons (Fsp3) is 0.353. The van der Waals surface area contributed by atoms with Crippen molar-refractivity contribution in [3.8, 4) is 5.75 Å². The van der Waals surface area contributed by atoms with Gasteiger partial charge in [0.1, 0.15) is 0 Å². The molecule has 0 saturated heterocycles. The molecule has 0 aliphatic heterocycles. The topological polar surface area (TPSA) is 75.3 Å². The number of hydrogen-bond acceptors (Lipinski definition) is 4. The van der Waals surface area contributed by atoms with Gasteiger partial charge < -0.3 is 9.64 Å². The minimum atomic E-state index is -0.515. The molecule has 1 amide bonds. The van der Waals surface area contributed by atoms with Crippen molar-refractivity contribution in [1.29, 1.82) is 0 Å². The Morgan fingerprint density at radius 3 is 2.39 bits per heavy atom. The number of carbonyl (C=O) groups is 2. The van der Waals surface area contributed by atoms with Gasteiger partial charge in [0.2, 0.25) is 0 Å². The van der Waals surface area contributed by atoms with Crippen LogP contribution in [0.5, 0.6) is 5.75 Å². The molecule has 1 aromatic heterocycles. The van der Waals surface area contributed by atoms with E-state index in [1.807, 2.05) is 19.9 Å². The van der Waals surface area contributed by atoms with Crippen LogP contribution in [0.2, 0.25) is 0 Å². The monoisotopic (exact) mass is 315 g/mol. The van der Waals surface area contributed by atoms with Gasteiger partial charge in [-0.1, -0.05) is 32.0 Å². The fourth-order valence-corrected chi connectivity index (χ4v) is 2.25. The molecule has 6 heteroatoms. The van der Waals surface area contributed by atoms with Crippen molar-refractivity contribution in [3.63, 3.8) is 0 Å². The van der Waals surface area contributed by atoms with Crippen LogP contribution < -0.4 is 4.74 Å². The van der Waals surface area contributed by atoms with E-state index in [-0.39, 0.29) is 17.4 Å². The third kappa shape index (κ3) is 4.18. The molecule has 0 aliphatic carbocycles. The predicted molar refractivity (Wildman–Crippen MR) is 86.5 cm³/mol. The van der Waals surface area contributed by atoms with Gasteiger partial charge in [-0.05, 0) is 25.0 Å². The van der Waals surface area contributed by atoms with E-state index in [4.69, 9.17) is 4.74 Å². The number of esters is 1. The molecule has 0 fully saturated rings. The van der Waals surface area contributed by atoms with Crippen LogP contribution in [0.15, 0.2) is 36.5 Å². The molecule has 1 N–H and O–H groups in total. The van der Waals surface area contributed by atoms with Crippen molar-refractivity contribution in [1.82, 2.24) is 15.1 Å². The molecule has 6 nitrogen and oxygen atoms in total. The zero-order valence-corrected chi connectivity index (χ0v) is 13.4. The number of H-pyrrole nitrogens is 1. The normalized spacial score (nSPS) is 10.3. The third-order valence-electron chi connectivity index (χ3n) is 3.30. The first-order chi connectivity index (χ1) is 11.2. The number of ether oxygens (including phenoxy) is 1. The Morgan fingerprint density at radius 1 is 1.13 bits per heavy atom. The van der Waals surface area contributed by atoms with E-state index in [2.05, 4.69) is 10.2 Å². The summed E-state index contributed by atoms with van der Waals surface area (Å²) < 4.78 is 5.32. The highest BCUT2D eigenvalue weighted by atomic mass is 16.5. The van der Waals surface area contributed by atoms with Crippen LogP contribution in [0, 0.1) is 0 Å². The summed E-state index contributed by atoms with van der Waals surface area (Å²) in [7, 11) is 0. The molecule has 0 aliphatic rings. The van der Waals surface area contributed by atoms with E-state index in [0.717, 1.165) is 12.8 Å². The van der Waals surface area contributed by atoms with Crippen molar-refractivity contribution >= 4 is 11.9 Å². The van der Waals surface area contributed by atoms with E-state index < -0.39 is 5.97 Å². The molecule has 0 atom stereocenters. The summed E-state index contributed by atoms with van der Waals surface area (Å²) in [5.74, 6) is -0.568. The number of nitrogens with zero attached hydrogens (tertiary/aromatic N) is 2. The molecule has 0 bridgehead atoms. The molecule has 0 saturated carbocycles. The van der Waals surface area contributed by atoms with Crippen molar-refractivity contribution in [2.45, 2.75) is 26.7 Å². The van der Waals surface area contributed by atoms with Crippen LogP contribution in [-0.2, 0) is 0 Å². The van der Waals surface area contributed by atoms with Gasteiger partial charge in [-0.25, -0.2) is 4.79 Å². The maximum atomic E-state index is 12.6. The number of amides is 1. The average molecular weight is 315 g/mol. The number of aromatic amines is 1. The second kappa shape index (κ2) is 8.12. The smallest absolute Gasteiger partial charge is 0.343 e. The number of benzene rings is 1. The van der Waals surface area contributed by atoms with Crippen molar-refractivity contribution in [3.05, 3.63) is 47.8 Å². The lowest BCUT2D eigenvalue weighted by atomic mass is 10.2. The first-order valence-electron chi connectivity index (χ1n) is 7.77. The lowest BCUT2D eigenvalue weighted by molar-refractivity contribution is 0.0713. The number of nitrogens with one attached hydrogen (secondary N) is 1. The van der Waals surface area contributed by atoms with Crippen LogP contribution in [0.3, 0.4) is 0 Å². The Labute approximate surface area is 135 Å². The highest BCUT2D eigenvalue weighted by Gasteiger charge is 2.22. The Kier molecular flexibility index (Phi) is 5.91. The molecule has 1 aromatic carbocycles. The number of hydrogen-bond donors (Lipinski definition) is 1. The summed E-state index contributed by atoms with van der Waals surface area (Å²) in [5.41, 5.74) is 0.627. The Morgan fingerprint density at radius 2 is 1.78 bits per heavy atom. The largest absolute Gasteiger partial charge is 0.419 e. The summed E-state index contributed by atoms with van der Waals surface area (Å²) in [6.07, 6.45) is 3.07. The molecule has 2 rings (SSSR count). The van der Waals surface area contributed by atoms with Crippen LogP contribution in [0.25, 0.3) is 0 Å². The highest BCUT2D eigenvalue weighted by Crippen LogP contribution is 2.19. The summed E-state index contributed by atoms with van der Waals surface area (Å²) >= 11 is 0. The van der Waals surface area contributed by atoms with Gasteiger partial charge in [0.05, 0.1) is 11.8 Å². The Hall–Kier alpha value is -2.63. The summed E-state index contributed by atoms with van der Waals surface area (Å²) in [5, 5.41) is 6.48. The van der Waals surface area contributed by atoms with Gasteiger partial charge in [-0.15, -0.1) is 0 Å². The lowest BCUT2D eigenvalue weighted by Gasteiger charge is -2.20. The molecule has 23 heavy (non-hydrogen) atoms.